The van der Waals surface area contributed by atoms with E-state index >= 15 is 0 Å². The number of imide groups is 1. The van der Waals surface area contributed by atoms with Gasteiger partial charge in [-0.25, -0.2) is 14.5 Å². The predicted octanol–water partition coefficient (Wildman–Crippen LogP) is 3.18. The molecule has 2 fully saturated rings. The maximum absolute atomic E-state index is 12.4. The molecule has 2 amide bonds. The first-order chi connectivity index (χ1) is 10.4. The van der Waals surface area contributed by atoms with Crippen LogP contribution >= 0.6 is 0 Å². The summed E-state index contributed by atoms with van der Waals surface area (Å²) in [5, 5.41) is 9.61. The van der Waals surface area contributed by atoms with Gasteiger partial charge in [0.15, 0.2) is 0 Å². The molecule has 0 aromatic rings. The van der Waals surface area contributed by atoms with Crippen molar-refractivity contribution in [1.82, 2.24) is 4.90 Å². The van der Waals surface area contributed by atoms with Crippen LogP contribution in [0.15, 0.2) is 0 Å². The van der Waals surface area contributed by atoms with E-state index in [0.29, 0.717) is 18.4 Å². The predicted molar refractivity (Wildman–Crippen MR) is 84.9 cm³/mol. The van der Waals surface area contributed by atoms with Crippen LogP contribution in [0.3, 0.4) is 0 Å². The average Bonchev–Trinajstić information content (AvgIpc) is 2.74. The molecule has 23 heavy (non-hydrogen) atoms. The summed E-state index contributed by atoms with van der Waals surface area (Å²) >= 11 is 0. The minimum atomic E-state index is -0.674. The number of nitrogens with zero attached hydrogens (tertiary/aromatic N) is 1. The fourth-order valence-electron chi connectivity index (χ4n) is 3.29. The maximum atomic E-state index is 12.4. The van der Waals surface area contributed by atoms with Crippen molar-refractivity contribution in [2.24, 2.45) is 17.8 Å². The number of fused-ring (bicyclic) bond motifs is 1. The van der Waals surface area contributed by atoms with Gasteiger partial charge in [0, 0.05) is 6.54 Å². The summed E-state index contributed by atoms with van der Waals surface area (Å²) in [7, 11) is 0. The molecular weight excluding hydrogens is 298 g/mol. The summed E-state index contributed by atoms with van der Waals surface area (Å²) in [6, 6.07) is 0. The molecule has 132 valence electrons. The fourth-order valence-corrected chi connectivity index (χ4v) is 3.29. The first-order valence-corrected chi connectivity index (χ1v) is 8.29. The van der Waals surface area contributed by atoms with Crippen LogP contribution < -0.4 is 0 Å². The van der Waals surface area contributed by atoms with Crippen LogP contribution in [0.5, 0.6) is 0 Å². The number of hydrogen-bond acceptors (Lipinski definition) is 5. The third-order valence-corrected chi connectivity index (χ3v) is 4.22. The van der Waals surface area contributed by atoms with E-state index in [0.717, 1.165) is 17.7 Å². The van der Waals surface area contributed by atoms with Gasteiger partial charge in [-0.15, -0.1) is 0 Å². The molecule has 0 radical (unpaired) electrons. The SMILES string of the molecule is CC(C)(C)OC(=O)N(CC1C2CC(O)CC21)C(=O)OC(C)(C)C. The maximum Gasteiger partial charge on any atom is 0.419 e. The molecule has 0 saturated heterocycles. The highest BCUT2D eigenvalue weighted by Gasteiger charge is 2.57. The molecule has 2 unspecified atom stereocenters. The van der Waals surface area contributed by atoms with Crippen LogP contribution in [0, 0.1) is 17.8 Å². The summed E-state index contributed by atoms with van der Waals surface area (Å²) in [4.78, 5) is 25.8. The lowest BCUT2D eigenvalue weighted by Crippen LogP contribution is -2.45. The van der Waals surface area contributed by atoms with Gasteiger partial charge in [0.1, 0.15) is 11.2 Å². The van der Waals surface area contributed by atoms with Gasteiger partial charge in [-0.2, -0.15) is 0 Å². The summed E-state index contributed by atoms with van der Waals surface area (Å²) in [6.07, 6.45) is -0.0650. The highest BCUT2D eigenvalue weighted by atomic mass is 16.6. The lowest BCUT2D eigenvalue weighted by molar-refractivity contribution is -0.000293. The molecule has 1 N–H and O–H groups in total. The molecule has 2 saturated carbocycles. The van der Waals surface area contributed by atoms with Gasteiger partial charge in [-0.3, -0.25) is 0 Å². The van der Waals surface area contributed by atoms with Gasteiger partial charge in [0.2, 0.25) is 0 Å². The number of ether oxygens (including phenoxy) is 2. The van der Waals surface area contributed by atoms with Crippen LogP contribution in [-0.4, -0.2) is 46.0 Å². The molecule has 6 heteroatoms. The normalized spacial score (nSPS) is 29.7. The van der Waals surface area contributed by atoms with E-state index in [1.807, 2.05) is 0 Å². The van der Waals surface area contributed by atoms with Gasteiger partial charge in [0.05, 0.1) is 6.10 Å². The summed E-state index contributed by atoms with van der Waals surface area (Å²) in [5.74, 6) is 1.05. The van der Waals surface area contributed by atoms with E-state index in [9.17, 15) is 14.7 Å². The second kappa shape index (κ2) is 5.96. The van der Waals surface area contributed by atoms with Crippen molar-refractivity contribution in [3.8, 4) is 0 Å². The number of aliphatic hydroxyl groups excluding tert-OH is 1. The first kappa shape index (κ1) is 18.0. The van der Waals surface area contributed by atoms with Gasteiger partial charge in [-0.05, 0) is 72.1 Å². The van der Waals surface area contributed by atoms with Crippen molar-refractivity contribution in [2.45, 2.75) is 71.7 Å². The Morgan fingerprint density at radius 3 is 1.70 bits per heavy atom. The van der Waals surface area contributed by atoms with Gasteiger partial charge < -0.3 is 14.6 Å². The van der Waals surface area contributed by atoms with E-state index in [1.165, 1.54) is 0 Å². The van der Waals surface area contributed by atoms with Gasteiger partial charge in [0.25, 0.3) is 0 Å². The molecule has 0 aliphatic heterocycles. The van der Waals surface area contributed by atoms with E-state index in [1.54, 1.807) is 41.5 Å². The smallest absolute Gasteiger partial charge is 0.419 e. The molecule has 2 aliphatic carbocycles. The molecule has 0 aromatic heterocycles. The molecule has 2 rings (SSSR count). The van der Waals surface area contributed by atoms with Crippen molar-refractivity contribution in [2.75, 3.05) is 6.54 Å². The standard InChI is InChI=1S/C17H29NO5/c1-16(2,3)22-14(20)18(15(21)23-17(4,5)6)9-13-11-7-10(19)8-12(11)13/h10-13,19H,7-9H2,1-6H3. The van der Waals surface area contributed by atoms with E-state index in [2.05, 4.69) is 0 Å². The summed E-state index contributed by atoms with van der Waals surface area (Å²) in [6.45, 7) is 10.9. The lowest BCUT2D eigenvalue weighted by Gasteiger charge is -2.29. The topological polar surface area (TPSA) is 76.1 Å². The minimum absolute atomic E-state index is 0.238. The third kappa shape index (κ3) is 4.83. The lowest BCUT2D eigenvalue weighted by atomic mass is 10.1. The van der Waals surface area contributed by atoms with E-state index in [-0.39, 0.29) is 12.0 Å². The quantitative estimate of drug-likeness (QED) is 0.843. The number of carbonyl (C=O) groups excluding carboxylic acids is 2. The van der Waals surface area contributed by atoms with Crippen molar-refractivity contribution < 1.29 is 24.2 Å². The van der Waals surface area contributed by atoms with E-state index < -0.39 is 23.4 Å². The molecule has 0 spiro atoms. The minimum Gasteiger partial charge on any atom is -0.443 e. The van der Waals surface area contributed by atoms with Crippen molar-refractivity contribution >= 4 is 12.2 Å². The zero-order valence-electron chi connectivity index (χ0n) is 15.0. The molecule has 6 nitrogen and oxygen atoms in total. The molecule has 0 bridgehead atoms. The Bertz CT molecular complexity index is 436. The Morgan fingerprint density at radius 2 is 1.35 bits per heavy atom. The van der Waals surface area contributed by atoms with Crippen LogP contribution in [0.4, 0.5) is 9.59 Å². The zero-order valence-corrected chi connectivity index (χ0v) is 15.0. The molecule has 2 aliphatic rings. The second-order valence-electron chi connectivity index (χ2n) is 8.69. The molecule has 2 atom stereocenters. The number of aliphatic hydroxyl groups is 1. The number of amides is 2. The number of rotatable bonds is 2. The molecule has 0 aromatic carbocycles. The highest BCUT2D eigenvalue weighted by molar-refractivity contribution is 5.88. The summed E-state index contributed by atoms with van der Waals surface area (Å²) in [5.41, 5.74) is -1.35. The second-order valence-corrected chi connectivity index (χ2v) is 8.69. The third-order valence-electron chi connectivity index (χ3n) is 4.22. The number of carbonyl (C=O) groups is 2. The Hall–Kier alpha value is -1.30. The van der Waals surface area contributed by atoms with Crippen LogP contribution in [0.2, 0.25) is 0 Å². The van der Waals surface area contributed by atoms with Gasteiger partial charge in [-0.1, -0.05) is 0 Å². The summed E-state index contributed by atoms with van der Waals surface area (Å²) < 4.78 is 10.7. The Kier molecular flexibility index (Phi) is 4.68. The van der Waals surface area contributed by atoms with Crippen molar-refractivity contribution in [3.63, 3.8) is 0 Å². The zero-order chi connectivity index (χ0) is 17.6. The van der Waals surface area contributed by atoms with Crippen LogP contribution in [-0.2, 0) is 9.47 Å². The first-order valence-electron chi connectivity index (χ1n) is 8.29. The Labute approximate surface area is 138 Å². The van der Waals surface area contributed by atoms with Crippen molar-refractivity contribution in [1.29, 1.82) is 0 Å². The van der Waals surface area contributed by atoms with Gasteiger partial charge >= 0.3 is 12.2 Å². The molecule has 0 heterocycles. The Balaban J connectivity index is 2.03. The average molecular weight is 327 g/mol. The number of hydrogen-bond donors (Lipinski definition) is 1. The monoisotopic (exact) mass is 327 g/mol. The molecular formula is C17H29NO5. The van der Waals surface area contributed by atoms with Crippen LogP contribution in [0.25, 0.3) is 0 Å². The largest absolute Gasteiger partial charge is 0.443 e. The van der Waals surface area contributed by atoms with Crippen LogP contribution in [0.1, 0.15) is 54.4 Å². The van der Waals surface area contributed by atoms with E-state index in [4.69, 9.17) is 9.47 Å². The van der Waals surface area contributed by atoms with Crippen molar-refractivity contribution in [3.05, 3.63) is 0 Å². The highest BCUT2D eigenvalue weighted by Crippen LogP contribution is 2.57. The fraction of sp³-hybridized carbons (Fsp3) is 0.882. The Morgan fingerprint density at radius 1 is 0.957 bits per heavy atom.